The van der Waals surface area contributed by atoms with Gasteiger partial charge in [-0.05, 0) is 87.6 Å². The first-order valence-electron chi connectivity index (χ1n) is 19.1. The normalized spacial score (nSPS) is 18.9. The van der Waals surface area contributed by atoms with Gasteiger partial charge in [0.05, 0.1) is 41.6 Å². The Bertz CT molecular complexity index is 2180. The lowest BCUT2D eigenvalue weighted by Gasteiger charge is -2.31. The number of hydrogen-bond acceptors (Lipinski definition) is 10. The molecule has 0 radical (unpaired) electrons. The maximum absolute atomic E-state index is 15.4. The summed E-state index contributed by atoms with van der Waals surface area (Å²) in [6.45, 7) is 5.29. The SMILES string of the molecule is CC[C@@]1(O)C(=O)OCc2c1cc1n(c2=O)Cc2c-1nc1cc(F)c(C)c3c1c2[C@@H](NC(=O)[C@H](CCCCN)NC(=O)CNC(=O)[C@@H](C)CCCN=C(N)N)CC3. The van der Waals surface area contributed by atoms with Gasteiger partial charge in [-0.1, -0.05) is 13.8 Å². The van der Waals surface area contributed by atoms with Crippen LogP contribution in [0, 0.1) is 18.7 Å². The zero-order chi connectivity index (χ0) is 40.5. The number of unbranched alkanes of at least 4 members (excludes halogenated alkanes) is 1. The Morgan fingerprint density at radius 2 is 1.89 bits per heavy atom. The van der Waals surface area contributed by atoms with E-state index in [4.69, 9.17) is 26.9 Å². The molecular weight excluding hydrogens is 725 g/mol. The van der Waals surface area contributed by atoms with Crippen molar-refractivity contribution in [3.8, 4) is 11.4 Å². The number of ether oxygens (including phenoxy) is 1. The molecule has 300 valence electrons. The molecule has 3 amide bonds. The Hall–Kier alpha value is -5.42. The second-order valence-corrected chi connectivity index (χ2v) is 14.9. The molecule has 6 rings (SSSR count). The molecule has 0 unspecified atom stereocenters. The van der Waals surface area contributed by atoms with Crippen LogP contribution in [-0.2, 0) is 49.1 Å². The number of carbonyl (C=O) groups is 4. The molecule has 4 heterocycles. The van der Waals surface area contributed by atoms with Crippen molar-refractivity contribution in [2.45, 2.75) is 103 Å². The van der Waals surface area contributed by atoms with Crippen LogP contribution in [-0.4, -0.2) is 70.0 Å². The van der Waals surface area contributed by atoms with Gasteiger partial charge in [0.1, 0.15) is 18.5 Å². The minimum Gasteiger partial charge on any atom is -0.458 e. The highest BCUT2D eigenvalue weighted by atomic mass is 19.1. The fraction of sp³-hybridized carbons (Fsp3) is 0.513. The summed E-state index contributed by atoms with van der Waals surface area (Å²) < 4.78 is 22.1. The monoisotopic (exact) mass is 775 g/mol. The van der Waals surface area contributed by atoms with E-state index >= 15 is 4.39 Å². The van der Waals surface area contributed by atoms with E-state index in [0.29, 0.717) is 90.6 Å². The summed E-state index contributed by atoms with van der Waals surface area (Å²) in [7, 11) is 0. The number of guanidine groups is 1. The molecule has 1 aliphatic carbocycles. The molecule has 1 aromatic carbocycles. The van der Waals surface area contributed by atoms with Crippen LogP contribution < -0.4 is 38.7 Å². The van der Waals surface area contributed by atoms with Crippen LogP contribution in [0.2, 0.25) is 0 Å². The minimum atomic E-state index is -2.02. The zero-order valence-electron chi connectivity index (χ0n) is 31.9. The third-order valence-electron chi connectivity index (χ3n) is 11.3. The van der Waals surface area contributed by atoms with Crippen LogP contribution in [0.25, 0.3) is 22.3 Å². The lowest BCUT2D eigenvalue weighted by molar-refractivity contribution is -0.172. The van der Waals surface area contributed by atoms with Gasteiger partial charge in [0, 0.05) is 35.0 Å². The zero-order valence-corrected chi connectivity index (χ0v) is 31.9. The predicted octanol–water partition coefficient (Wildman–Crippen LogP) is 1.05. The number of nitrogens with zero attached hydrogens (tertiary/aromatic N) is 3. The summed E-state index contributed by atoms with van der Waals surface area (Å²) in [4.78, 5) is 75.4. The van der Waals surface area contributed by atoms with Gasteiger partial charge < -0.3 is 47.6 Å². The number of carbonyl (C=O) groups excluding carboxylic acids is 4. The van der Waals surface area contributed by atoms with Crippen molar-refractivity contribution in [1.82, 2.24) is 25.5 Å². The van der Waals surface area contributed by atoms with Crippen molar-refractivity contribution in [2.24, 2.45) is 28.1 Å². The van der Waals surface area contributed by atoms with Crippen molar-refractivity contribution in [3.05, 3.63) is 61.7 Å². The molecule has 2 aromatic heterocycles. The number of pyridine rings is 2. The van der Waals surface area contributed by atoms with Crippen LogP contribution in [0.4, 0.5) is 4.39 Å². The topological polar surface area (TPSA) is 259 Å². The number of hydrogen-bond donors (Lipinski definition) is 7. The highest BCUT2D eigenvalue weighted by molar-refractivity contribution is 5.95. The maximum atomic E-state index is 15.4. The molecular formula is C39H50FN9O7. The van der Waals surface area contributed by atoms with Gasteiger partial charge in [-0.15, -0.1) is 0 Å². The standard InChI is InChI=1S/C39H50FN9O7/c1-4-39(55)24-14-29-33-22(17-49(29)36(53)23(24)18-56-37(39)54)32-26(11-10-21-20(3)25(40)15-28(47-33)31(21)32)48-35(52)27(9-5-6-12-41)46-30(50)16-45-34(51)19(2)8-7-13-44-38(42)43/h14-15,19,26-27,55H,4-13,16-18,41H2,1-3H3,(H,45,51)(H,46,50)(H,48,52)(H4,42,43,44)/t19-,26-,27-,39-/m0/s1. The highest BCUT2D eigenvalue weighted by Crippen LogP contribution is 2.46. The number of aliphatic imine (C=N–C) groups is 1. The first-order chi connectivity index (χ1) is 26.7. The van der Waals surface area contributed by atoms with Crippen LogP contribution >= 0.6 is 0 Å². The smallest absolute Gasteiger partial charge is 0.343 e. The first kappa shape index (κ1) is 40.2. The summed E-state index contributed by atoms with van der Waals surface area (Å²) in [5.41, 5.74) is 17.9. The largest absolute Gasteiger partial charge is 0.458 e. The van der Waals surface area contributed by atoms with Gasteiger partial charge in [-0.3, -0.25) is 24.2 Å². The Labute approximate surface area is 322 Å². The number of amides is 3. The average molecular weight is 776 g/mol. The molecule has 0 saturated carbocycles. The number of halogens is 1. The Balaban J connectivity index is 1.29. The Kier molecular flexibility index (Phi) is 11.8. The second-order valence-electron chi connectivity index (χ2n) is 14.9. The summed E-state index contributed by atoms with van der Waals surface area (Å²) in [5, 5.41) is 20.6. The van der Waals surface area contributed by atoms with Crippen LogP contribution in [0.1, 0.15) is 98.2 Å². The van der Waals surface area contributed by atoms with E-state index in [0.717, 1.165) is 5.56 Å². The number of rotatable bonds is 15. The quantitative estimate of drug-likeness (QED) is 0.0389. The fourth-order valence-corrected chi connectivity index (χ4v) is 8.06. The molecule has 0 bridgehead atoms. The fourth-order valence-electron chi connectivity index (χ4n) is 8.06. The van der Waals surface area contributed by atoms with Gasteiger partial charge in [-0.25, -0.2) is 14.2 Å². The number of benzene rings is 1. The van der Waals surface area contributed by atoms with Crippen molar-refractivity contribution in [2.75, 3.05) is 19.6 Å². The summed E-state index contributed by atoms with van der Waals surface area (Å²) in [6, 6.07) is 1.37. The molecule has 0 saturated heterocycles. The van der Waals surface area contributed by atoms with Gasteiger partial charge in [-0.2, -0.15) is 0 Å². The number of cyclic esters (lactones) is 1. The number of nitrogens with one attached hydrogen (secondary N) is 3. The van der Waals surface area contributed by atoms with Gasteiger partial charge in [0.2, 0.25) is 17.7 Å². The third-order valence-corrected chi connectivity index (χ3v) is 11.3. The third kappa shape index (κ3) is 7.56. The van der Waals surface area contributed by atoms with Gasteiger partial charge in [0.25, 0.3) is 5.56 Å². The van der Waals surface area contributed by atoms with E-state index < -0.39 is 52.8 Å². The first-order valence-corrected chi connectivity index (χ1v) is 19.1. The molecule has 3 aliphatic rings. The van der Waals surface area contributed by atoms with Crippen molar-refractivity contribution in [1.29, 1.82) is 0 Å². The molecule has 4 atom stereocenters. The van der Waals surface area contributed by atoms with Crippen molar-refractivity contribution < 1.29 is 33.4 Å². The lowest BCUT2D eigenvalue weighted by Crippen LogP contribution is -2.50. The maximum Gasteiger partial charge on any atom is 0.343 e. The Morgan fingerprint density at radius 1 is 1.12 bits per heavy atom. The number of fused-ring (bicyclic) bond motifs is 5. The number of aliphatic hydroxyl groups is 1. The van der Waals surface area contributed by atoms with E-state index in [-0.39, 0.29) is 55.5 Å². The molecule has 0 spiro atoms. The molecule has 2 aliphatic heterocycles. The number of esters is 1. The van der Waals surface area contributed by atoms with Gasteiger partial charge in [0.15, 0.2) is 11.6 Å². The summed E-state index contributed by atoms with van der Waals surface area (Å²) in [6.07, 6.45) is 3.35. The van der Waals surface area contributed by atoms with E-state index in [1.165, 1.54) is 10.6 Å². The molecule has 56 heavy (non-hydrogen) atoms. The Morgan fingerprint density at radius 3 is 2.61 bits per heavy atom. The lowest BCUT2D eigenvalue weighted by atomic mass is 9.81. The number of aromatic nitrogens is 2. The molecule has 10 N–H and O–H groups in total. The molecule has 16 nitrogen and oxygen atoms in total. The van der Waals surface area contributed by atoms with E-state index in [1.54, 1.807) is 26.8 Å². The average Bonchev–Trinajstić information content (AvgIpc) is 3.54. The number of aryl methyl sites for hydroxylation is 1. The van der Waals surface area contributed by atoms with E-state index in [9.17, 15) is 29.1 Å². The minimum absolute atomic E-state index is 0.0246. The van der Waals surface area contributed by atoms with Crippen LogP contribution in [0.3, 0.4) is 0 Å². The molecule has 0 fully saturated rings. The van der Waals surface area contributed by atoms with Crippen molar-refractivity contribution >= 4 is 40.6 Å². The summed E-state index contributed by atoms with van der Waals surface area (Å²) in [5.74, 6) is -3.02. The molecule has 3 aromatic rings. The second kappa shape index (κ2) is 16.4. The molecule has 17 heteroatoms. The van der Waals surface area contributed by atoms with Crippen molar-refractivity contribution in [3.63, 3.8) is 0 Å². The highest BCUT2D eigenvalue weighted by Gasteiger charge is 2.46. The van der Waals surface area contributed by atoms with Crippen LogP contribution in [0.15, 0.2) is 21.9 Å². The summed E-state index contributed by atoms with van der Waals surface area (Å²) >= 11 is 0. The van der Waals surface area contributed by atoms with E-state index in [1.807, 2.05) is 0 Å². The van der Waals surface area contributed by atoms with E-state index in [2.05, 4.69) is 20.9 Å². The predicted molar refractivity (Wildman–Crippen MR) is 205 cm³/mol. The van der Waals surface area contributed by atoms with Crippen LogP contribution in [0.5, 0.6) is 0 Å². The van der Waals surface area contributed by atoms with Gasteiger partial charge >= 0.3 is 5.97 Å². The number of nitrogens with two attached hydrogens (primary N) is 3.